The summed E-state index contributed by atoms with van der Waals surface area (Å²) in [6.45, 7) is 1.92. The number of aromatic nitrogens is 3. The molecule has 3 aromatic heterocycles. The summed E-state index contributed by atoms with van der Waals surface area (Å²) in [5, 5.41) is 5.20. The van der Waals surface area contributed by atoms with Gasteiger partial charge in [-0.25, -0.2) is 4.98 Å². The third-order valence-electron chi connectivity index (χ3n) is 3.21. The number of hydrogen-bond donors (Lipinski definition) is 1. The Morgan fingerprint density at radius 1 is 1.45 bits per heavy atom. The molecule has 0 saturated carbocycles. The molecule has 1 unspecified atom stereocenters. The molecule has 7 heteroatoms. The van der Waals surface area contributed by atoms with Crippen molar-refractivity contribution in [1.29, 1.82) is 0 Å². The second kappa shape index (κ2) is 6.29. The van der Waals surface area contributed by atoms with Crippen LogP contribution in [0.2, 0.25) is 5.15 Å². The molecule has 0 aliphatic heterocycles. The Bertz CT molecular complexity index is 825. The number of thiazole rings is 1. The topological polar surface area (TPSA) is 59.3 Å². The van der Waals surface area contributed by atoms with Gasteiger partial charge in [-0.15, -0.1) is 11.3 Å². The summed E-state index contributed by atoms with van der Waals surface area (Å²) in [4.78, 5) is 21.0. The SMILES string of the molecule is CC(NC(=O)C=Cc1c(Cl)nc2sccn12)c1ccncc1. The molecule has 0 fully saturated rings. The molecule has 0 bridgehead atoms. The predicted octanol–water partition coefficient (Wildman–Crippen LogP) is 3.33. The molecule has 3 aromatic rings. The van der Waals surface area contributed by atoms with Crippen LogP contribution in [0.4, 0.5) is 0 Å². The van der Waals surface area contributed by atoms with Crippen molar-refractivity contribution >= 4 is 39.9 Å². The summed E-state index contributed by atoms with van der Waals surface area (Å²) in [6.07, 6.45) is 8.41. The summed E-state index contributed by atoms with van der Waals surface area (Å²) < 4.78 is 1.85. The van der Waals surface area contributed by atoms with Gasteiger partial charge in [0.15, 0.2) is 10.1 Å². The highest BCUT2D eigenvalue weighted by atomic mass is 35.5. The van der Waals surface area contributed by atoms with Gasteiger partial charge >= 0.3 is 0 Å². The van der Waals surface area contributed by atoms with E-state index in [0.717, 1.165) is 10.5 Å². The lowest BCUT2D eigenvalue weighted by Crippen LogP contribution is -2.24. The second-order valence-corrected chi connectivity index (χ2v) is 5.92. The van der Waals surface area contributed by atoms with Crippen LogP contribution in [0.15, 0.2) is 42.2 Å². The summed E-state index contributed by atoms with van der Waals surface area (Å²) in [5.41, 5.74) is 1.70. The molecule has 0 saturated heterocycles. The first-order chi connectivity index (χ1) is 10.6. The molecule has 1 atom stereocenters. The van der Waals surface area contributed by atoms with E-state index in [1.165, 1.54) is 17.4 Å². The third kappa shape index (κ3) is 3.03. The normalized spacial score (nSPS) is 12.8. The third-order valence-corrected chi connectivity index (χ3v) is 4.25. The molecule has 3 heterocycles. The van der Waals surface area contributed by atoms with Crippen LogP contribution in [0.3, 0.4) is 0 Å². The summed E-state index contributed by atoms with van der Waals surface area (Å²) in [5.74, 6) is -0.189. The van der Waals surface area contributed by atoms with Crippen LogP contribution in [0.25, 0.3) is 11.0 Å². The van der Waals surface area contributed by atoms with E-state index in [1.807, 2.05) is 35.0 Å². The fourth-order valence-electron chi connectivity index (χ4n) is 2.08. The summed E-state index contributed by atoms with van der Waals surface area (Å²) in [7, 11) is 0. The van der Waals surface area contributed by atoms with Crippen molar-refractivity contribution in [3.05, 3.63) is 58.6 Å². The number of carbonyl (C=O) groups excluding carboxylic acids is 1. The van der Waals surface area contributed by atoms with Crippen LogP contribution >= 0.6 is 22.9 Å². The van der Waals surface area contributed by atoms with Crippen molar-refractivity contribution in [2.75, 3.05) is 0 Å². The number of pyridine rings is 1. The van der Waals surface area contributed by atoms with Gasteiger partial charge in [0.25, 0.3) is 0 Å². The van der Waals surface area contributed by atoms with Crippen molar-refractivity contribution in [2.45, 2.75) is 13.0 Å². The van der Waals surface area contributed by atoms with E-state index in [2.05, 4.69) is 15.3 Å². The Morgan fingerprint density at radius 3 is 3.00 bits per heavy atom. The molecule has 22 heavy (non-hydrogen) atoms. The van der Waals surface area contributed by atoms with Gasteiger partial charge < -0.3 is 5.32 Å². The van der Waals surface area contributed by atoms with Gasteiger partial charge in [0, 0.05) is 30.0 Å². The van der Waals surface area contributed by atoms with Gasteiger partial charge in [-0.2, -0.15) is 0 Å². The number of hydrogen-bond acceptors (Lipinski definition) is 4. The van der Waals surface area contributed by atoms with Crippen LogP contribution in [-0.2, 0) is 4.79 Å². The van der Waals surface area contributed by atoms with Gasteiger partial charge in [0.2, 0.25) is 5.91 Å². The lowest BCUT2D eigenvalue weighted by molar-refractivity contribution is -0.117. The average Bonchev–Trinajstić information content (AvgIpc) is 3.07. The van der Waals surface area contributed by atoms with Crippen LogP contribution in [-0.4, -0.2) is 20.3 Å². The average molecular weight is 333 g/mol. The van der Waals surface area contributed by atoms with E-state index < -0.39 is 0 Å². The van der Waals surface area contributed by atoms with E-state index in [0.29, 0.717) is 10.8 Å². The van der Waals surface area contributed by atoms with Crippen LogP contribution in [0, 0.1) is 0 Å². The Labute approximate surface area is 136 Å². The summed E-state index contributed by atoms with van der Waals surface area (Å²) >= 11 is 7.57. The Kier molecular flexibility index (Phi) is 4.22. The molecule has 0 aliphatic carbocycles. The zero-order valence-corrected chi connectivity index (χ0v) is 13.3. The highest BCUT2D eigenvalue weighted by Gasteiger charge is 2.10. The maximum absolute atomic E-state index is 12.0. The van der Waals surface area contributed by atoms with Gasteiger partial charge in [-0.3, -0.25) is 14.2 Å². The van der Waals surface area contributed by atoms with E-state index in [-0.39, 0.29) is 11.9 Å². The Balaban J connectivity index is 1.71. The molecule has 1 N–H and O–H groups in total. The van der Waals surface area contributed by atoms with E-state index in [1.54, 1.807) is 18.5 Å². The van der Waals surface area contributed by atoms with Crippen LogP contribution in [0.5, 0.6) is 0 Å². The molecule has 0 aliphatic rings. The van der Waals surface area contributed by atoms with Crippen LogP contribution < -0.4 is 5.32 Å². The number of carbonyl (C=O) groups is 1. The van der Waals surface area contributed by atoms with E-state index in [9.17, 15) is 4.79 Å². The Morgan fingerprint density at radius 2 is 2.23 bits per heavy atom. The lowest BCUT2D eigenvalue weighted by Gasteiger charge is -2.12. The van der Waals surface area contributed by atoms with E-state index >= 15 is 0 Å². The number of rotatable bonds is 4. The van der Waals surface area contributed by atoms with Gasteiger partial charge in [-0.05, 0) is 30.7 Å². The number of imidazole rings is 1. The molecule has 5 nitrogen and oxygen atoms in total. The molecule has 0 aromatic carbocycles. The van der Waals surface area contributed by atoms with Crippen molar-refractivity contribution in [3.63, 3.8) is 0 Å². The number of nitrogens with one attached hydrogen (secondary N) is 1. The molecular formula is C15H13ClN4OS. The smallest absolute Gasteiger partial charge is 0.244 e. The van der Waals surface area contributed by atoms with Crippen LogP contribution in [0.1, 0.15) is 24.2 Å². The predicted molar refractivity (Wildman–Crippen MR) is 87.9 cm³/mol. The maximum atomic E-state index is 12.0. The monoisotopic (exact) mass is 332 g/mol. The van der Waals surface area contributed by atoms with Gasteiger partial charge in [-0.1, -0.05) is 11.6 Å². The van der Waals surface area contributed by atoms with Crippen molar-refractivity contribution < 1.29 is 4.79 Å². The number of fused-ring (bicyclic) bond motifs is 1. The largest absolute Gasteiger partial charge is 0.346 e. The van der Waals surface area contributed by atoms with Crippen molar-refractivity contribution in [2.24, 2.45) is 0 Å². The fourth-order valence-corrected chi connectivity index (χ4v) is 3.08. The Hall–Kier alpha value is -2.18. The van der Waals surface area contributed by atoms with Gasteiger partial charge in [0.05, 0.1) is 11.7 Å². The second-order valence-electron chi connectivity index (χ2n) is 4.69. The highest BCUT2D eigenvalue weighted by Crippen LogP contribution is 2.22. The molecule has 112 valence electrons. The molecule has 0 radical (unpaired) electrons. The lowest BCUT2D eigenvalue weighted by atomic mass is 10.1. The number of halogens is 1. The minimum Gasteiger partial charge on any atom is -0.346 e. The molecule has 3 rings (SSSR count). The first kappa shape index (κ1) is 14.7. The van der Waals surface area contributed by atoms with E-state index in [4.69, 9.17) is 11.6 Å². The maximum Gasteiger partial charge on any atom is 0.244 e. The zero-order chi connectivity index (χ0) is 15.5. The summed E-state index contributed by atoms with van der Waals surface area (Å²) in [6, 6.07) is 3.65. The van der Waals surface area contributed by atoms with Crippen molar-refractivity contribution in [1.82, 2.24) is 19.7 Å². The molecular weight excluding hydrogens is 320 g/mol. The van der Waals surface area contributed by atoms with Gasteiger partial charge in [0.1, 0.15) is 0 Å². The first-order valence-electron chi connectivity index (χ1n) is 6.64. The van der Waals surface area contributed by atoms with Crippen molar-refractivity contribution in [3.8, 4) is 0 Å². The zero-order valence-electron chi connectivity index (χ0n) is 11.7. The first-order valence-corrected chi connectivity index (χ1v) is 7.90. The number of amides is 1. The quantitative estimate of drug-likeness (QED) is 0.745. The molecule has 1 amide bonds. The molecule has 0 spiro atoms. The minimum atomic E-state index is -0.189. The standard InChI is InChI=1S/C15H13ClN4OS/c1-10(11-4-6-17-7-5-11)18-13(21)3-2-12-14(16)19-15-20(12)8-9-22-15/h2-10H,1H3,(H,18,21). The number of nitrogens with zero attached hydrogens (tertiary/aromatic N) is 3. The highest BCUT2D eigenvalue weighted by molar-refractivity contribution is 7.15. The minimum absolute atomic E-state index is 0.0952. The fraction of sp³-hybridized carbons (Fsp3) is 0.133.